The number of halogens is 1. The summed E-state index contributed by atoms with van der Waals surface area (Å²) in [5.74, 6) is -1.15. The third-order valence-electron chi connectivity index (χ3n) is 4.85. The van der Waals surface area contributed by atoms with E-state index >= 15 is 0 Å². The van der Waals surface area contributed by atoms with Crippen molar-refractivity contribution < 1.29 is 9.18 Å². The number of primary amides is 1. The molecule has 1 aliphatic rings. The van der Waals surface area contributed by atoms with Gasteiger partial charge >= 0.3 is 0 Å². The smallest absolute Gasteiger partial charge is 0.252 e. The largest absolute Gasteiger partial charge is 0.365 e. The average Bonchev–Trinajstić information content (AvgIpc) is 2.66. The second kappa shape index (κ2) is 8.30. The number of anilines is 3. The van der Waals surface area contributed by atoms with Gasteiger partial charge in [-0.15, -0.1) is 0 Å². The van der Waals surface area contributed by atoms with Crippen molar-refractivity contribution in [2.75, 3.05) is 10.6 Å². The molecule has 0 bridgehead atoms. The molecule has 0 unspecified atom stereocenters. The number of aromatic nitrogens is 2. The van der Waals surface area contributed by atoms with E-state index in [4.69, 9.17) is 11.5 Å². The van der Waals surface area contributed by atoms with Gasteiger partial charge in [0, 0.05) is 18.3 Å². The Hall–Kier alpha value is -2.74. The molecule has 0 aromatic carbocycles. The first-order valence-electron chi connectivity index (χ1n) is 9.21. The summed E-state index contributed by atoms with van der Waals surface area (Å²) < 4.78 is 14.5. The Morgan fingerprint density at radius 3 is 2.74 bits per heavy atom. The lowest BCUT2D eigenvalue weighted by atomic mass is 9.91. The summed E-state index contributed by atoms with van der Waals surface area (Å²) in [4.78, 5) is 20.2. The highest BCUT2D eigenvalue weighted by molar-refractivity contribution is 5.98. The van der Waals surface area contributed by atoms with Crippen LogP contribution < -0.4 is 22.1 Å². The Bertz CT molecular complexity index is 828. The van der Waals surface area contributed by atoms with Crippen LogP contribution in [-0.4, -0.2) is 28.0 Å². The highest BCUT2D eigenvalue weighted by Crippen LogP contribution is 2.26. The molecule has 3 rings (SSSR count). The minimum absolute atomic E-state index is 0.0205. The van der Waals surface area contributed by atoms with Crippen LogP contribution in [0.25, 0.3) is 0 Å². The van der Waals surface area contributed by atoms with E-state index in [0.717, 1.165) is 43.7 Å². The van der Waals surface area contributed by atoms with Crippen LogP contribution in [-0.2, 0) is 6.42 Å². The van der Waals surface area contributed by atoms with E-state index in [1.165, 1.54) is 0 Å². The van der Waals surface area contributed by atoms with Crippen molar-refractivity contribution in [2.45, 2.75) is 51.1 Å². The van der Waals surface area contributed by atoms with Gasteiger partial charge in [-0.05, 0) is 37.0 Å². The molecule has 0 radical (unpaired) electrons. The average molecular weight is 372 g/mol. The standard InChI is InChI=1S/C19H25FN6O/c1-2-11-7-12(10-23-9-11)24-18-13(17(22)27)8-14(20)19(26-18)25-16-6-4-3-5-15(16)21/h7-10,15-16H,2-6,21H2,1H3,(H2,22,27)(H2,24,25,26)/t15-,16+/m0/s1. The monoisotopic (exact) mass is 372 g/mol. The first kappa shape index (κ1) is 19.0. The van der Waals surface area contributed by atoms with E-state index in [1.807, 2.05) is 13.0 Å². The van der Waals surface area contributed by atoms with Crippen LogP contribution in [0.5, 0.6) is 0 Å². The van der Waals surface area contributed by atoms with Gasteiger partial charge in [-0.2, -0.15) is 0 Å². The zero-order valence-electron chi connectivity index (χ0n) is 15.3. The fourth-order valence-corrected chi connectivity index (χ4v) is 3.27. The lowest BCUT2D eigenvalue weighted by Crippen LogP contribution is -2.43. The van der Waals surface area contributed by atoms with Crippen LogP contribution in [0.2, 0.25) is 0 Å². The molecular formula is C19H25FN6O. The van der Waals surface area contributed by atoms with Gasteiger partial charge in [0.05, 0.1) is 17.4 Å². The van der Waals surface area contributed by atoms with Crippen molar-refractivity contribution in [3.8, 4) is 0 Å². The summed E-state index contributed by atoms with van der Waals surface area (Å²) in [7, 11) is 0. The molecule has 8 heteroatoms. The van der Waals surface area contributed by atoms with Gasteiger partial charge in [-0.3, -0.25) is 9.78 Å². The van der Waals surface area contributed by atoms with Gasteiger partial charge in [0.1, 0.15) is 5.82 Å². The number of hydrogen-bond acceptors (Lipinski definition) is 6. The lowest BCUT2D eigenvalue weighted by molar-refractivity contribution is 0.100. The molecule has 27 heavy (non-hydrogen) atoms. The maximum absolute atomic E-state index is 14.5. The van der Waals surface area contributed by atoms with Crippen LogP contribution in [0.1, 0.15) is 48.5 Å². The van der Waals surface area contributed by atoms with Crippen molar-refractivity contribution in [1.82, 2.24) is 9.97 Å². The molecule has 2 aromatic heterocycles. The quantitative estimate of drug-likeness (QED) is 0.619. The van der Waals surface area contributed by atoms with E-state index in [1.54, 1.807) is 12.4 Å². The second-order valence-electron chi connectivity index (χ2n) is 6.84. The number of aryl methyl sites for hydroxylation is 1. The molecule has 2 heterocycles. The number of pyridine rings is 2. The minimum atomic E-state index is -0.760. The molecule has 6 N–H and O–H groups in total. The molecule has 1 saturated carbocycles. The van der Waals surface area contributed by atoms with Gasteiger partial charge < -0.3 is 22.1 Å². The third kappa shape index (κ3) is 4.51. The number of amides is 1. The lowest BCUT2D eigenvalue weighted by Gasteiger charge is -2.30. The van der Waals surface area contributed by atoms with Crippen LogP contribution >= 0.6 is 0 Å². The van der Waals surface area contributed by atoms with Crippen molar-refractivity contribution in [2.24, 2.45) is 11.5 Å². The van der Waals surface area contributed by atoms with Gasteiger partial charge in [0.25, 0.3) is 5.91 Å². The summed E-state index contributed by atoms with van der Waals surface area (Å²) in [6, 6.07) is 2.88. The van der Waals surface area contributed by atoms with Crippen molar-refractivity contribution >= 4 is 23.2 Å². The Morgan fingerprint density at radius 2 is 2.04 bits per heavy atom. The fourth-order valence-electron chi connectivity index (χ4n) is 3.27. The Balaban J connectivity index is 1.91. The van der Waals surface area contributed by atoms with Crippen LogP contribution in [0.4, 0.5) is 21.7 Å². The van der Waals surface area contributed by atoms with E-state index in [-0.39, 0.29) is 29.3 Å². The predicted octanol–water partition coefficient (Wildman–Crippen LogP) is 2.70. The van der Waals surface area contributed by atoms with Gasteiger partial charge in [-0.1, -0.05) is 19.8 Å². The van der Waals surface area contributed by atoms with E-state index < -0.39 is 11.7 Å². The molecule has 2 aromatic rings. The molecule has 1 aliphatic carbocycles. The number of nitrogens with one attached hydrogen (secondary N) is 2. The fraction of sp³-hybridized carbons (Fsp3) is 0.421. The second-order valence-corrected chi connectivity index (χ2v) is 6.84. The maximum atomic E-state index is 14.5. The number of rotatable bonds is 6. The summed E-state index contributed by atoms with van der Waals surface area (Å²) in [6.45, 7) is 2.02. The van der Waals surface area contributed by atoms with E-state index in [9.17, 15) is 9.18 Å². The molecule has 144 valence electrons. The van der Waals surface area contributed by atoms with Crippen molar-refractivity contribution in [3.63, 3.8) is 0 Å². The number of nitrogens with zero attached hydrogens (tertiary/aromatic N) is 2. The van der Waals surface area contributed by atoms with Crippen LogP contribution in [0, 0.1) is 5.82 Å². The first-order valence-corrected chi connectivity index (χ1v) is 9.21. The summed E-state index contributed by atoms with van der Waals surface area (Å²) in [6.07, 6.45) is 8.03. The van der Waals surface area contributed by atoms with Gasteiger partial charge in [0.15, 0.2) is 11.6 Å². The molecular weight excluding hydrogens is 347 g/mol. The molecule has 0 saturated heterocycles. The molecule has 7 nitrogen and oxygen atoms in total. The number of carbonyl (C=O) groups is 1. The molecule has 1 fully saturated rings. The third-order valence-corrected chi connectivity index (χ3v) is 4.85. The maximum Gasteiger partial charge on any atom is 0.252 e. The Labute approximate surface area is 157 Å². The molecule has 0 spiro atoms. The number of carbonyl (C=O) groups excluding carboxylic acids is 1. The Morgan fingerprint density at radius 1 is 1.26 bits per heavy atom. The Kier molecular flexibility index (Phi) is 5.85. The predicted molar refractivity (Wildman–Crippen MR) is 103 cm³/mol. The van der Waals surface area contributed by atoms with Crippen LogP contribution in [0.3, 0.4) is 0 Å². The molecule has 2 atom stereocenters. The normalized spacial score (nSPS) is 19.5. The van der Waals surface area contributed by atoms with Gasteiger partial charge in [-0.25, -0.2) is 9.37 Å². The SMILES string of the molecule is CCc1cncc(Nc2nc(N[C@@H]3CCCC[C@@H]3N)c(F)cc2C(N)=O)c1. The highest BCUT2D eigenvalue weighted by Gasteiger charge is 2.24. The van der Waals surface area contributed by atoms with Gasteiger partial charge in [0.2, 0.25) is 0 Å². The van der Waals surface area contributed by atoms with Crippen molar-refractivity contribution in [3.05, 3.63) is 41.5 Å². The first-order chi connectivity index (χ1) is 13.0. The summed E-state index contributed by atoms with van der Waals surface area (Å²) >= 11 is 0. The highest BCUT2D eigenvalue weighted by atomic mass is 19.1. The van der Waals surface area contributed by atoms with Crippen molar-refractivity contribution in [1.29, 1.82) is 0 Å². The molecule has 1 amide bonds. The number of hydrogen-bond donors (Lipinski definition) is 4. The minimum Gasteiger partial charge on any atom is -0.365 e. The summed E-state index contributed by atoms with van der Waals surface area (Å²) in [5, 5.41) is 6.13. The topological polar surface area (TPSA) is 119 Å². The van der Waals surface area contributed by atoms with Crippen LogP contribution in [0.15, 0.2) is 24.5 Å². The summed E-state index contributed by atoms with van der Waals surface area (Å²) in [5.41, 5.74) is 13.2. The zero-order valence-corrected chi connectivity index (χ0v) is 15.3. The van der Waals surface area contributed by atoms with E-state index in [0.29, 0.717) is 5.69 Å². The van der Waals surface area contributed by atoms with E-state index in [2.05, 4.69) is 20.6 Å². The number of nitrogens with two attached hydrogens (primary N) is 2. The zero-order chi connectivity index (χ0) is 19.4. The molecule has 0 aliphatic heterocycles.